The third-order valence-corrected chi connectivity index (χ3v) is 7.53. The van der Waals surface area contributed by atoms with Crippen molar-refractivity contribution in [1.82, 2.24) is 15.0 Å². The highest BCUT2D eigenvalue weighted by atomic mass is 14.9. The molecule has 7 nitrogen and oxygen atoms in total. The van der Waals surface area contributed by atoms with Crippen molar-refractivity contribution >= 4 is 49.8 Å². The monoisotopic (exact) mass is 559 g/mol. The van der Waals surface area contributed by atoms with E-state index >= 15 is 0 Å². The topological polar surface area (TPSA) is 75.5 Å². The van der Waals surface area contributed by atoms with Crippen LogP contribution in [0.15, 0.2) is 103 Å². The second-order valence-electron chi connectivity index (χ2n) is 10.0. The van der Waals surface area contributed by atoms with Crippen LogP contribution in [0.1, 0.15) is 5.56 Å². The molecule has 0 amide bonds. The standard InChI is InChI=1S/C37H17N7/c1-39-26-16-12-23(13-17-26)33-29-20-31(41-3)36-37(32(29)28-6-4-5-7-30(28)42-33)44-35(24-10-8-22(21-38)9-11-24)34(43-36)25-14-18-27(40-2)19-15-25/h4-20H. The van der Waals surface area contributed by atoms with E-state index in [1.807, 2.05) is 66.7 Å². The molecule has 7 heteroatoms. The molecule has 0 spiro atoms. The number of pyridine rings is 1. The molecule has 2 heterocycles. The number of rotatable bonds is 3. The van der Waals surface area contributed by atoms with Gasteiger partial charge < -0.3 is 0 Å². The number of nitriles is 1. The lowest BCUT2D eigenvalue weighted by molar-refractivity contribution is 1.30. The largest absolute Gasteiger partial charge is 0.255 e. The molecule has 0 aliphatic carbocycles. The number of nitrogens with zero attached hydrogens (tertiary/aromatic N) is 7. The highest BCUT2D eigenvalue weighted by molar-refractivity contribution is 6.23. The second kappa shape index (κ2) is 10.5. The van der Waals surface area contributed by atoms with Gasteiger partial charge in [0.2, 0.25) is 5.69 Å². The summed E-state index contributed by atoms with van der Waals surface area (Å²) in [5.41, 5.74) is 7.85. The summed E-state index contributed by atoms with van der Waals surface area (Å²) in [5, 5.41) is 11.8. The van der Waals surface area contributed by atoms with Crippen LogP contribution in [0.3, 0.4) is 0 Å². The second-order valence-corrected chi connectivity index (χ2v) is 10.0. The number of hydrogen-bond acceptors (Lipinski definition) is 4. The van der Waals surface area contributed by atoms with E-state index in [1.165, 1.54) is 0 Å². The quantitative estimate of drug-likeness (QED) is 0.159. The minimum Gasteiger partial charge on any atom is -0.255 e. The summed E-state index contributed by atoms with van der Waals surface area (Å²) in [5.74, 6) is 0. The van der Waals surface area contributed by atoms with Crippen LogP contribution >= 0.6 is 0 Å². The maximum Gasteiger partial charge on any atom is 0.215 e. The van der Waals surface area contributed by atoms with Crippen LogP contribution in [0.4, 0.5) is 17.1 Å². The molecular formula is C37H17N7. The SMILES string of the molecule is [C-]#[N+]c1ccc(-c2nc3c([N+]#[C-])cc4c(-c5ccc([N+]#[C-])cc5)nc5ccccc5c4c3nc2-c2ccc(C#N)cc2)cc1. The van der Waals surface area contributed by atoms with Crippen molar-refractivity contribution in [1.29, 1.82) is 5.26 Å². The molecule has 0 saturated carbocycles. The van der Waals surface area contributed by atoms with Crippen molar-refractivity contribution in [3.8, 4) is 39.8 Å². The molecule has 200 valence electrons. The Morgan fingerprint density at radius 2 is 1.09 bits per heavy atom. The maximum atomic E-state index is 9.40. The molecule has 0 radical (unpaired) electrons. The predicted molar refractivity (Wildman–Crippen MR) is 172 cm³/mol. The van der Waals surface area contributed by atoms with Gasteiger partial charge in [-0.25, -0.2) is 24.5 Å². The van der Waals surface area contributed by atoms with E-state index in [0.717, 1.165) is 38.4 Å². The summed E-state index contributed by atoms with van der Waals surface area (Å²) in [7, 11) is 0. The Labute approximate surface area is 252 Å². The molecule has 7 rings (SSSR count). The average molecular weight is 560 g/mol. The van der Waals surface area contributed by atoms with Gasteiger partial charge in [-0.3, -0.25) is 4.98 Å². The van der Waals surface area contributed by atoms with E-state index in [-0.39, 0.29) is 0 Å². The Hall–Kier alpha value is -6.93. The zero-order chi connectivity index (χ0) is 30.2. The molecule has 0 saturated heterocycles. The van der Waals surface area contributed by atoms with Crippen molar-refractivity contribution in [3.05, 3.63) is 143 Å². The van der Waals surface area contributed by atoms with Gasteiger partial charge in [0.15, 0.2) is 11.4 Å². The lowest BCUT2D eigenvalue weighted by atomic mass is 9.96. The molecule has 5 aromatic carbocycles. The number of benzene rings is 5. The Balaban J connectivity index is 1.64. The smallest absolute Gasteiger partial charge is 0.215 e. The highest BCUT2D eigenvalue weighted by Gasteiger charge is 2.21. The molecule has 0 unspecified atom stereocenters. The first-order valence-corrected chi connectivity index (χ1v) is 13.5. The lowest BCUT2D eigenvalue weighted by Gasteiger charge is -2.16. The summed E-state index contributed by atoms with van der Waals surface area (Å²) in [6.07, 6.45) is 0. The number of hydrogen-bond donors (Lipinski definition) is 0. The summed E-state index contributed by atoms with van der Waals surface area (Å²) >= 11 is 0. The van der Waals surface area contributed by atoms with Crippen LogP contribution in [0, 0.1) is 31.0 Å². The van der Waals surface area contributed by atoms with E-state index in [9.17, 15) is 5.26 Å². The van der Waals surface area contributed by atoms with Gasteiger partial charge in [0.1, 0.15) is 0 Å². The minimum atomic E-state index is 0.335. The van der Waals surface area contributed by atoms with Gasteiger partial charge in [-0.15, -0.1) is 0 Å². The van der Waals surface area contributed by atoms with Crippen molar-refractivity contribution in [3.63, 3.8) is 0 Å². The summed E-state index contributed by atoms with van der Waals surface area (Å²) < 4.78 is 0. The molecule has 0 aliphatic heterocycles. The fourth-order valence-electron chi connectivity index (χ4n) is 5.41. The first kappa shape index (κ1) is 26.0. The number of fused-ring (bicyclic) bond motifs is 5. The molecule has 0 fully saturated rings. The van der Waals surface area contributed by atoms with E-state index < -0.39 is 0 Å². The lowest BCUT2D eigenvalue weighted by Crippen LogP contribution is -1.98. The third-order valence-electron chi connectivity index (χ3n) is 7.53. The van der Waals surface area contributed by atoms with Crippen LogP contribution in [-0.2, 0) is 0 Å². The molecule has 44 heavy (non-hydrogen) atoms. The molecule has 7 aromatic rings. The van der Waals surface area contributed by atoms with E-state index in [1.54, 1.807) is 36.4 Å². The van der Waals surface area contributed by atoms with Crippen LogP contribution < -0.4 is 0 Å². The molecule has 0 atom stereocenters. The number of aromatic nitrogens is 3. The van der Waals surface area contributed by atoms with Crippen molar-refractivity contribution in [2.24, 2.45) is 0 Å². The Kier molecular flexibility index (Phi) is 6.19. The van der Waals surface area contributed by atoms with Crippen molar-refractivity contribution < 1.29 is 0 Å². The summed E-state index contributed by atoms with van der Waals surface area (Å²) in [6, 6.07) is 33.4. The zero-order valence-electron chi connectivity index (χ0n) is 22.9. The molecular weight excluding hydrogens is 542 g/mol. The van der Waals surface area contributed by atoms with Crippen LogP contribution in [0.2, 0.25) is 0 Å². The first-order chi connectivity index (χ1) is 21.6. The van der Waals surface area contributed by atoms with Crippen LogP contribution in [-0.4, -0.2) is 15.0 Å². The summed E-state index contributed by atoms with van der Waals surface area (Å²) in [4.78, 5) is 26.3. The van der Waals surface area contributed by atoms with E-state index in [4.69, 9.17) is 34.7 Å². The van der Waals surface area contributed by atoms with E-state index in [0.29, 0.717) is 50.7 Å². The Morgan fingerprint density at radius 3 is 1.66 bits per heavy atom. The van der Waals surface area contributed by atoms with Gasteiger partial charge in [-0.05, 0) is 35.4 Å². The van der Waals surface area contributed by atoms with Gasteiger partial charge in [0, 0.05) is 21.7 Å². The zero-order valence-corrected chi connectivity index (χ0v) is 22.9. The summed E-state index contributed by atoms with van der Waals surface area (Å²) in [6.45, 7) is 22.8. The van der Waals surface area contributed by atoms with Crippen LogP contribution in [0.25, 0.3) is 81.0 Å². The van der Waals surface area contributed by atoms with Crippen LogP contribution in [0.5, 0.6) is 0 Å². The Bertz CT molecular complexity index is 2450. The fourth-order valence-corrected chi connectivity index (χ4v) is 5.41. The Morgan fingerprint density at radius 1 is 0.545 bits per heavy atom. The minimum absolute atomic E-state index is 0.335. The predicted octanol–water partition coefficient (Wildman–Crippen LogP) is 9.86. The average Bonchev–Trinajstić information content (AvgIpc) is 3.10. The van der Waals surface area contributed by atoms with Gasteiger partial charge in [0.25, 0.3) is 0 Å². The van der Waals surface area contributed by atoms with Gasteiger partial charge in [0.05, 0.1) is 65.0 Å². The van der Waals surface area contributed by atoms with Gasteiger partial charge >= 0.3 is 0 Å². The normalized spacial score (nSPS) is 10.6. The van der Waals surface area contributed by atoms with Crippen molar-refractivity contribution in [2.45, 2.75) is 0 Å². The first-order valence-electron chi connectivity index (χ1n) is 13.5. The highest BCUT2D eigenvalue weighted by Crippen LogP contribution is 2.42. The number of para-hydroxylation sites is 1. The van der Waals surface area contributed by atoms with Gasteiger partial charge in [-0.1, -0.05) is 78.9 Å². The maximum absolute atomic E-state index is 9.40. The molecule has 0 bridgehead atoms. The molecule has 2 aromatic heterocycles. The molecule has 0 aliphatic rings. The van der Waals surface area contributed by atoms with Crippen molar-refractivity contribution in [2.75, 3.05) is 0 Å². The van der Waals surface area contributed by atoms with E-state index in [2.05, 4.69) is 20.6 Å². The third kappa shape index (κ3) is 4.23. The fraction of sp³-hybridized carbons (Fsp3) is 0. The van der Waals surface area contributed by atoms with Gasteiger partial charge in [-0.2, -0.15) is 5.26 Å². The molecule has 0 N–H and O–H groups in total.